The van der Waals surface area contributed by atoms with Gasteiger partial charge in [0.15, 0.2) is 0 Å². The molecular formula is C22H6Br4N2S8. The van der Waals surface area contributed by atoms with Crippen molar-refractivity contribution in [1.29, 1.82) is 0 Å². The number of thiophene rings is 6. The summed E-state index contributed by atoms with van der Waals surface area (Å²) in [6.45, 7) is 4.14. The number of rotatable bonds is 2. The molecule has 180 valence electrons. The molecule has 0 saturated carbocycles. The minimum atomic E-state index is 1.11. The van der Waals surface area contributed by atoms with Crippen molar-refractivity contribution in [2.24, 2.45) is 0 Å². The number of fused-ring (bicyclic) bond motifs is 7. The molecule has 0 radical (unpaired) electrons. The minimum Gasteiger partial charge on any atom is -0.231 e. The monoisotopic (exact) mass is 870 g/mol. The molecule has 0 fully saturated rings. The quantitative estimate of drug-likeness (QED) is 0.173. The Hall–Kier alpha value is 0.680. The number of aromatic nitrogens is 2. The van der Waals surface area contributed by atoms with Crippen molar-refractivity contribution < 1.29 is 0 Å². The molecule has 0 aliphatic heterocycles. The van der Waals surface area contributed by atoms with Gasteiger partial charge in [0.2, 0.25) is 0 Å². The van der Waals surface area contributed by atoms with Gasteiger partial charge >= 0.3 is 0 Å². The zero-order valence-electron chi connectivity index (χ0n) is 17.7. The first-order valence-corrected chi connectivity index (χ1v) is 19.9. The molecule has 0 spiro atoms. The van der Waals surface area contributed by atoms with E-state index in [0.29, 0.717) is 0 Å². The van der Waals surface area contributed by atoms with E-state index in [1.807, 2.05) is 45.3 Å². The fourth-order valence-corrected chi connectivity index (χ4v) is 19.0. The second kappa shape index (κ2) is 8.59. The highest BCUT2D eigenvalue weighted by molar-refractivity contribution is 9.11. The summed E-state index contributed by atoms with van der Waals surface area (Å²) in [6, 6.07) is 0. The topological polar surface area (TPSA) is 25.8 Å². The van der Waals surface area contributed by atoms with Crippen LogP contribution < -0.4 is 0 Å². The highest BCUT2D eigenvalue weighted by atomic mass is 79.9. The van der Waals surface area contributed by atoms with Gasteiger partial charge in [-0.15, -0.1) is 90.7 Å². The Bertz CT molecular complexity index is 2030. The second-order valence-electron chi connectivity index (χ2n) is 7.89. The molecule has 36 heavy (non-hydrogen) atoms. The molecule has 8 aromatic heterocycles. The molecule has 14 heteroatoms. The lowest BCUT2D eigenvalue weighted by Gasteiger charge is -1.96. The van der Waals surface area contributed by atoms with Crippen LogP contribution in [0.5, 0.6) is 0 Å². The first-order valence-electron chi connectivity index (χ1n) is 10.2. The molecule has 8 aromatic rings. The Balaban J connectivity index is 1.32. The van der Waals surface area contributed by atoms with Crippen molar-refractivity contribution in [3.8, 4) is 19.5 Å². The summed E-state index contributed by atoms with van der Waals surface area (Å²) < 4.78 is 15.5. The highest BCUT2D eigenvalue weighted by Crippen LogP contribution is 2.60. The lowest BCUT2D eigenvalue weighted by molar-refractivity contribution is 1.36. The Labute approximate surface area is 269 Å². The third kappa shape index (κ3) is 3.33. The normalized spacial score (nSPS) is 12.7. The Morgan fingerprint density at radius 1 is 0.389 bits per heavy atom. The first-order chi connectivity index (χ1) is 17.3. The molecule has 8 rings (SSSR count). The molecule has 0 N–H and O–H groups in total. The van der Waals surface area contributed by atoms with Crippen LogP contribution in [0.2, 0.25) is 0 Å². The number of halogens is 4. The van der Waals surface area contributed by atoms with E-state index < -0.39 is 0 Å². The van der Waals surface area contributed by atoms with Gasteiger partial charge in [0.1, 0.15) is 9.66 Å². The predicted octanol–water partition coefficient (Wildman–Crippen LogP) is 13.7. The summed E-state index contributed by atoms with van der Waals surface area (Å²) in [5, 5.41) is 2.22. The lowest BCUT2D eigenvalue weighted by Crippen LogP contribution is -1.67. The van der Waals surface area contributed by atoms with E-state index in [4.69, 9.17) is 9.97 Å². The van der Waals surface area contributed by atoms with Gasteiger partial charge in [-0.05, 0) is 77.6 Å². The summed E-state index contributed by atoms with van der Waals surface area (Å²) >= 11 is 30.4. The highest BCUT2D eigenvalue weighted by Gasteiger charge is 2.27. The minimum absolute atomic E-state index is 1.11. The van der Waals surface area contributed by atoms with E-state index >= 15 is 0 Å². The molecule has 0 bridgehead atoms. The summed E-state index contributed by atoms with van der Waals surface area (Å²) in [7, 11) is 0. The molecule has 0 aliphatic carbocycles. The van der Waals surface area contributed by atoms with Crippen LogP contribution in [0, 0.1) is 13.8 Å². The summed E-state index contributed by atoms with van der Waals surface area (Å²) in [4.78, 5) is 16.8. The van der Waals surface area contributed by atoms with E-state index in [0.717, 1.165) is 19.7 Å². The zero-order chi connectivity index (χ0) is 24.6. The summed E-state index contributed by atoms with van der Waals surface area (Å²) in [6.07, 6.45) is 0. The molecule has 0 amide bonds. The molecular weight excluding hydrogens is 868 g/mol. The summed E-state index contributed by atoms with van der Waals surface area (Å²) in [5.74, 6) is 0. The van der Waals surface area contributed by atoms with E-state index in [2.05, 4.69) is 77.6 Å². The predicted molar refractivity (Wildman–Crippen MR) is 184 cm³/mol. The molecule has 8 heterocycles. The van der Waals surface area contributed by atoms with Gasteiger partial charge in [-0.25, -0.2) is 9.97 Å². The van der Waals surface area contributed by atoms with Gasteiger partial charge < -0.3 is 0 Å². The number of aryl methyl sites for hydroxylation is 2. The lowest BCUT2D eigenvalue weighted by atomic mass is 10.3. The standard InChI is InChI=1S/C22H6Br4N2S8/c1-3-27-21-15(29-3)7(25)11(35-21)9-5(23)13-17(31-9)19-20(33-13)18-14(34-19)6(24)10(32-18)12-8(26)16-22(36-12)28-4(2)30-16/h1-2H3. The van der Waals surface area contributed by atoms with Crippen LogP contribution in [0.4, 0.5) is 0 Å². The second-order valence-corrected chi connectivity index (χ2v) is 19.6. The van der Waals surface area contributed by atoms with E-state index in [-0.39, 0.29) is 0 Å². The van der Waals surface area contributed by atoms with Crippen molar-refractivity contribution in [3.63, 3.8) is 0 Å². The Kier molecular flexibility index (Phi) is 5.84. The van der Waals surface area contributed by atoms with Crippen LogP contribution in [-0.2, 0) is 0 Å². The zero-order valence-corrected chi connectivity index (χ0v) is 30.5. The van der Waals surface area contributed by atoms with E-state index in [1.54, 1.807) is 45.3 Å². The van der Waals surface area contributed by atoms with Crippen LogP contribution in [0.25, 0.3) is 66.8 Å². The van der Waals surface area contributed by atoms with Crippen LogP contribution in [-0.4, -0.2) is 9.97 Å². The van der Waals surface area contributed by atoms with Crippen molar-refractivity contribution in [2.75, 3.05) is 0 Å². The number of hydrogen-bond donors (Lipinski definition) is 0. The van der Waals surface area contributed by atoms with Crippen molar-refractivity contribution in [2.45, 2.75) is 13.8 Å². The van der Waals surface area contributed by atoms with Crippen molar-refractivity contribution in [1.82, 2.24) is 9.97 Å². The Morgan fingerprint density at radius 2 is 0.722 bits per heavy atom. The molecule has 0 saturated heterocycles. The number of hydrogen-bond acceptors (Lipinski definition) is 10. The molecule has 0 atom stereocenters. The fraction of sp³-hybridized carbons (Fsp3) is 0.0909. The third-order valence-electron chi connectivity index (χ3n) is 5.66. The number of thiazole rings is 2. The van der Waals surface area contributed by atoms with E-state index in [9.17, 15) is 0 Å². The summed E-state index contributed by atoms with van der Waals surface area (Å²) in [5.41, 5.74) is 0. The third-order valence-corrected chi connectivity index (χ3v) is 21.2. The maximum absolute atomic E-state index is 4.72. The smallest absolute Gasteiger partial charge is 0.136 e. The van der Waals surface area contributed by atoms with Crippen LogP contribution >= 0.6 is 154 Å². The van der Waals surface area contributed by atoms with Crippen LogP contribution in [0.1, 0.15) is 10.0 Å². The molecule has 0 unspecified atom stereocenters. The molecule has 2 nitrogen and oxygen atoms in total. The van der Waals surface area contributed by atoms with Gasteiger partial charge in [-0.1, -0.05) is 0 Å². The van der Waals surface area contributed by atoms with Crippen LogP contribution in [0.3, 0.4) is 0 Å². The molecule has 0 aliphatic rings. The Morgan fingerprint density at radius 3 is 1.11 bits per heavy atom. The van der Waals surface area contributed by atoms with Crippen molar-refractivity contribution in [3.05, 3.63) is 27.9 Å². The average molecular weight is 874 g/mol. The van der Waals surface area contributed by atoms with Gasteiger partial charge in [0.25, 0.3) is 0 Å². The van der Waals surface area contributed by atoms with Gasteiger partial charge in [-0.2, -0.15) is 0 Å². The number of nitrogens with zero attached hydrogens (tertiary/aromatic N) is 2. The van der Waals surface area contributed by atoms with Gasteiger partial charge in [0.05, 0.1) is 85.0 Å². The fourth-order valence-electron chi connectivity index (χ4n) is 4.17. The van der Waals surface area contributed by atoms with Crippen LogP contribution in [0.15, 0.2) is 17.9 Å². The molecule has 0 aromatic carbocycles. The largest absolute Gasteiger partial charge is 0.231 e. The van der Waals surface area contributed by atoms with Gasteiger partial charge in [0, 0.05) is 0 Å². The first kappa shape index (κ1) is 24.5. The average Bonchev–Trinajstić information content (AvgIpc) is 3.67. The maximum atomic E-state index is 4.72. The van der Waals surface area contributed by atoms with E-state index in [1.165, 1.54) is 75.0 Å². The maximum Gasteiger partial charge on any atom is 0.136 e. The van der Waals surface area contributed by atoms with Gasteiger partial charge in [-0.3, -0.25) is 0 Å². The SMILES string of the molecule is Cc1nc2sc(-c3sc4c(sc5c6sc(-c7sc8nc(C)sc8c7Br)c(Br)c6sc45)c3Br)c(Br)c2s1. The van der Waals surface area contributed by atoms with Crippen molar-refractivity contribution >= 4 is 202 Å².